The zero-order chi connectivity index (χ0) is 14.7. The van der Waals surface area contributed by atoms with Gasteiger partial charge < -0.3 is 5.73 Å². The number of aromatic nitrogens is 2. The van der Waals surface area contributed by atoms with Gasteiger partial charge in [0, 0.05) is 18.3 Å². The molecular formula is C16H19FN4. The van der Waals surface area contributed by atoms with Gasteiger partial charge in [-0.05, 0) is 31.5 Å². The number of likely N-dealkylation sites (tertiary alicyclic amines) is 1. The lowest BCUT2D eigenvalue weighted by molar-refractivity contribution is 0.135. The Morgan fingerprint density at radius 3 is 2.90 bits per heavy atom. The van der Waals surface area contributed by atoms with E-state index in [2.05, 4.69) is 14.9 Å². The highest BCUT2D eigenvalue weighted by molar-refractivity contribution is 5.21. The fraction of sp³-hybridized carbons (Fsp3) is 0.375. The summed E-state index contributed by atoms with van der Waals surface area (Å²) >= 11 is 0. The van der Waals surface area contributed by atoms with Crippen LogP contribution in [0, 0.1) is 5.82 Å². The molecule has 0 aliphatic carbocycles. The van der Waals surface area contributed by atoms with Gasteiger partial charge in [-0.2, -0.15) is 0 Å². The van der Waals surface area contributed by atoms with Crippen molar-refractivity contribution in [3.8, 4) is 0 Å². The van der Waals surface area contributed by atoms with Crippen molar-refractivity contribution in [3.63, 3.8) is 0 Å². The highest BCUT2D eigenvalue weighted by Gasteiger charge is 2.25. The Balaban J connectivity index is 1.83. The van der Waals surface area contributed by atoms with Crippen molar-refractivity contribution in [3.05, 3.63) is 53.6 Å². The van der Waals surface area contributed by atoms with Gasteiger partial charge in [-0.3, -0.25) is 4.90 Å². The molecule has 1 aliphatic heterocycles. The number of nitrogens with two attached hydrogens (primary N) is 1. The highest BCUT2D eigenvalue weighted by atomic mass is 19.1. The molecule has 4 nitrogen and oxygen atoms in total. The van der Waals surface area contributed by atoms with Crippen molar-refractivity contribution in [2.45, 2.75) is 31.8 Å². The van der Waals surface area contributed by atoms with Gasteiger partial charge in [-0.15, -0.1) is 0 Å². The molecule has 0 radical (unpaired) electrons. The molecule has 0 bridgehead atoms. The third-order valence-corrected chi connectivity index (χ3v) is 3.98. The molecule has 2 aromatic rings. The predicted molar refractivity (Wildman–Crippen MR) is 79.8 cm³/mol. The molecule has 3 rings (SSSR count). The maximum Gasteiger partial charge on any atom is 0.220 e. The van der Waals surface area contributed by atoms with Crippen LogP contribution in [0.15, 0.2) is 36.5 Å². The molecule has 0 unspecified atom stereocenters. The van der Waals surface area contributed by atoms with E-state index in [9.17, 15) is 4.39 Å². The lowest BCUT2D eigenvalue weighted by Gasteiger charge is -2.35. The van der Waals surface area contributed by atoms with Crippen LogP contribution in [0.2, 0.25) is 0 Å². The molecule has 110 valence electrons. The van der Waals surface area contributed by atoms with Crippen LogP contribution in [-0.2, 0) is 6.54 Å². The number of rotatable bonds is 3. The van der Waals surface area contributed by atoms with E-state index in [1.54, 1.807) is 12.3 Å². The molecule has 2 N–H and O–H groups in total. The fourth-order valence-corrected chi connectivity index (χ4v) is 2.93. The summed E-state index contributed by atoms with van der Waals surface area (Å²) in [6, 6.07) is 9.04. The number of hydrogen-bond donors (Lipinski definition) is 1. The minimum atomic E-state index is -0.149. The molecule has 5 heteroatoms. The second-order valence-corrected chi connectivity index (χ2v) is 5.41. The number of nitrogens with zero attached hydrogens (tertiary/aromatic N) is 3. The standard InChI is InChI=1S/C16H19FN4/c17-13-6-2-1-5-12(13)11-21-10-4-3-7-15(21)14-8-9-19-16(18)20-14/h1-2,5-6,8-9,15H,3-4,7,10-11H2,(H2,18,19,20)/t15-/m0/s1. The lowest BCUT2D eigenvalue weighted by atomic mass is 9.98. The van der Waals surface area contributed by atoms with Gasteiger partial charge in [0.15, 0.2) is 0 Å². The minimum absolute atomic E-state index is 0.149. The van der Waals surface area contributed by atoms with Crippen LogP contribution >= 0.6 is 0 Å². The summed E-state index contributed by atoms with van der Waals surface area (Å²) < 4.78 is 13.9. The largest absolute Gasteiger partial charge is 0.368 e. The van der Waals surface area contributed by atoms with Crippen molar-refractivity contribution >= 4 is 5.95 Å². The average molecular weight is 286 g/mol. The SMILES string of the molecule is Nc1nccc([C@@H]2CCCCN2Cc2ccccc2F)n1. The van der Waals surface area contributed by atoms with E-state index in [-0.39, 0.29) is 11.9 Å². The molecule has 0 saturated carbocycles. The lowest BCUT2D eigenvalue weighted by Crippen LogP contribution is -2.33. The fourth-order valence-electron chi connectivity index (χ4n) is 2.93. The third kappa shape index (κ3) is 3.19. The Morgan fingerprint density at radius 1 is 1.24 bits per heavy atom. The number of anilines is 1. The van der Waals surface area contributed by atoms with Crippen LogP contribution in [0.25, 0.3) is 0 Å². The smallest absolute Gasteiger partial charge is 0.220 e. The quantitative estimate of drug-likeness (QED) is 0.942. The zero-order valence-electron chi connectivity index (χ0n) is 11.9. The van der Waals surface area contributed by atoms with Crippen LogP contribution in [0.5, 0.6) is 0 Å². The summed E-state index contributed by atoms with van der Waals surface area (Å²) in [4.78, 5) is 10.6. The Morgan fingerprint density at radius 2 is 2.10 bits per heavy atom. The van der Waals surface area contributed by atoms with Gasteiger partial charge >= 0.3 is 0 Å². The summed E-state index contributed by atoms with van der Waals surface area (Å²) in [5.74, 6) is 0.146. The van der Waals surface area contributed by atoms with Gasteiger partial charge in [0.05, 0.1) is 11.7 Å². The average Bonchev–Trinajstić information content (AvgIpc) is 2.50. The van der Waals surface area contributed by atoms with E-state index >= 15 is 0 Å². The van der Waals surface area contributed by atoms with E-state index < -0.39 is 0 Å². The van der Waals surface area contributed by atoms with Crippen LogP contribution in [-0.4, -0.2) is 21.4 Å². The Hall–Kier alpha value is -2.01. The van der Waals surface area contributed by atoms with Crippen molar-refractivity contribution in [2.75, 3.05) is 12.3 Å². The summed E-state index contributed by atoms with van der Waals surface area (Å²) in [6.07, 6.45) is 4.99. The Kier molecular flexibility index (Phi) is 4.10. The molecule has 1 aromatic heterocycles. The van der Waals surface area contributed by atoms with Crippen LogP contribution in [0.4, 0.5) is 10.3 Å². The topological polar surface area (TPSA) is 55.0 Å². The first-order chi connectivity index (χ1) is 10.2. The summed E-state index contributed by atoms with van der Waals surface area (Å²) in [5.41, 5.74) is 7.34. The molecule has 2 heterocycles. The number of nitrogen functional groups attached to an aromatic ring is 1. The Bertz CT molecular complexity index is 617. The Labute approximate surface area is 123 Å². The van der Waals surface area contributed by atoms with Crippen LogP contribution in [0.3, 0.4) is 0 Å². The van der Waals surface area contributed by atoms with Crippen molar-refractivity contribution < 1.29 is 4.39 Å². The second-order valence-electron chi connectivity index (χ2n) is 5.41. The van der Waals surface area contributed by atoms with E-state index in [1.807, 2.05) is 18.2 Å². The van der Waals surface area contributed by atoms with Crippen molar-refractivity contribution in [2.24, 2.45) is 0 Å². The molecule has 1 atom stereocenters. The molecular weight excluding hydrogens is 267 g/mol. The molecule has 1 aliphatic rings. The van der Waals surface area contributed by atoms with E-state index in [4.69, 9.17) is 5.73 Å². The zero-order valence-corrected chi connectivity index (χ0v) is 11.9. The summed E-state index contributed by atoms with van der Waals surface area (Å²) in [5, 5.41) is 0. The molecule has 1 saturated heterocycles. The minimum Gasteiger partial charge on any atom is -0.368 e. The van der Waals surface area contributed by atoms with E-state index in [0.717, 1.165) is 37.1 Å². The summed E-state index contributed by atoms with van der Waals surface area (Å²) in [6.45, 7) is 1.55. The summed E-state index contributed by atoms with van der Waals surface area (Å²) in [7, 11) is 0. The van der Waals surface area contributed by atoms with Crippen molar-refractivity contribution in [1.82, 2.24) is 14.9 Å². The maximum absolute atomic E-state index is 13.9. The first-order valence-corrected chi connectivity index (χ1v) is 7.30. The normalized spacial score (nSPS) is 19.6. The highest BCUT2D eigenvalue weighted by Crippen LogP contribution is 2.31. The number of hydrogen-bond acceptors (Lipinski definition) is 4. The molecule has 21 heavy (non-hydrogen) atoms. The maximum atomic E-state index is 13.9. The molecule has 1 aromatic carbocycles. The first-order valence-electron chi connectivity index (χ1n) is 7.30. The third-order valence-electron chi connectivity index (χ3n) is 3.98. The van der Waals surface area contributed by atoms with Gasteiger partial charge in [0.1, 0.15) is 5.82 Å². The van der Waals surface area contributed by atoms with Crippen LogP contribution in [0.1, 0.15) is 36.6 Å². The van der Waals surface area contributed by atoms with Gasteiger partial charge in [0.2, 0.25) is 5.95 Å². The second kappa shape index (κ2) is 6.18. The van der Waals surface area contributed by atoms with Gasteiger partial charge in [0.25, 0.3) is 0 Å². The molecule has 0 amide bonds. The monoisotopic (exact) mass is 286 g/mol. The first kappa shape index (κ1) is 13.9. The number of halogens is 1. The van der Waals surface area contributed by atoms with Gasteiger partial charge in [-0.25, -0.2) is 14.4 Å². The predicted octanol–water partition coefficient (Wildman–Crippen LogP) is 2.93. The number of piperidine rings is 1. The molecule has 0 spiro atoms. The van der Waals surface area contributed by atoms with Gasteiger partial charge in [-0.1, -0.05) is 24.6 Å². The number of benzene rings is 1. The van der Waals surface area contributed by atoms with E-state index in [0.29, 0.717) is 12.5 Å². The van der Waals surface area contributed by atoms with E-state index in [1.165, 1.54) is 6.07 Å². The van der Waals surface area contributed by atoms with Crippen molar-refractivity contribution in [1.29, 1.82) is 0 Å². The van der Waals surface area contributed by atoms with Crippen LogP contribution < -0.4 is 5.73 Å². The molecule has 1 fully saturated rings.